The van der Waals surface area contributed by atoms with E-state index in [2.05, 4.69) is 10.3 Å². The Morgan fingerprint density at radius 2 is 1.76 bits per heavy atom. The third-order valence-corrected chi connectivity index (χ3v) is 6.83. The summed E-state index contributed by atoms with van der Waals surface area (Å²) in [5, 5.41) is 2.45. The van der Waals surface area contributed by atoms with Crippen LogP contribution in [0.2, 0.25) is 0 Å². The molecule has 2 aromatic carbocycles. The maximum atomic E-state index is 14.7. The van der Waals surface area contributed by atoms with Gasteiger partial charge in [0.05, 0.1) is 5.71 Å². The normalized spacial score (nSPS) is 19.3. The van der Waals surface area contributed by atoms with Crippen LogP contribution in [-0.2, 0) is 20.8 Å². The average molecular weight is 518 g/mol. The zero-order valence-corrected chi connectivity index (χ0v) is 19.9. The number of carbonyl (C=O) groups excluding carboxylic acids is 3. The van der Waals surface area contributed by atoms with Gasteiger partial charge in [-0.3, -0.25) is 19.4 Å². The van der Waals surface area contributed by atoms with Crippen molar-refractivity contribution in [3.8, 4) is 0 Å². The molecule has 10 heteroatoms. The van der Waals surface area contributed by atoms with Crippen molar-refractivity contribution in [2.24, 2.45) is 28.5 Å². The summed E-state index contributed by atoms with van der Waals surface area (Å²) in [6.07, 6.45) is -6.50. The van der Waals surface area contributed by atoms with Crippen LogP contribution >= 0.6 is 0 Å². The van der Waals surface area contributed by atoms with Gasteiger partial charge in [-0.25, -0.2) is 4.39 Å². The van der Waals surface area contributed by atoms with E-state index in [4.69, 9.17) is 5.73 Å². The second kappa shape index (κ2) is 10.8. The fourth-order valence-electron chi connectivity index (χ4n) is 4.71. The van der Waals surface area contributed by atoms with Crippen LogP contribution in [0.1, 0.15) is 48.8 Å². The van der Waals surface area contributed by atoms with Gasteiger partial charge in [0.2, 0.25) is 11.8 Å². The lowest BCUT2D eigenvalue weighted by atomic mass is 9.83. The predicted octanol–water partition coefficient (Wildman–Crippen LogP) is 4.09. The third-order valence-electron chi connectivity index (χ3n) is 6.83. The highest BCUT2D eigenvalue weighted by atomic mass is 19.4. The van der Waals surface area contributed by atoms with Crippen molar-refractivity contribution >= 4 is 23.3 Å². The number of fused-ring (bicyclic) bond motifs is 1. The second-order valence-electron chi connectivity index (χ2n) is 9.61. The summed E-state index contributed by atoms with van der Waals surface area (Å²) in [5.41, 5.74) is 6.85. The van der Waals surface area contributed by atoms with Crippen LogP contribution in [0.15, 0.2) is 53.5 Å². The molecule has 1 fully saturated rings. The molecule has 0 unspecified atom stereocenters. The smallest absolute Gasteiger partial charge is 0.369 e. The highest BCUT2D eigenvalue weighted by molar-refractivity contribution is 6.16. The molecule has 3 atom stereocenters. The molecule has 1 aliphatic heterocycles. The first kappa shape index (κ1) is 26.5. The Morgan fingerprint density at radius 1 is 1.05 bits per heavy atom. The number of nitrogens with one attached hydrogen (secondary N) is 1. The number of nitrogens with zero attached hydrogens (tertiary/aromatic N) is 1. The molecule has 196 valence electrons. The molecule has 2 aliphatic rings. The highest BCUT2D eigenvalue weighted by Gasteiger charge is 2.41. The van der Waals surface area contributed by atoms with Crippen LogP contribution in [0.5, 0.6) is 0 Å². The summed E-state index contributed by atoms with van der Waals surface area (Å²) < 4.78 is 53.9. The van der Waals surface area contributed by atoms with Crippen molar-refractivity contribution in [2.45, 2.75) is 50.9 Å². The number of ketones is 1. The average Bonchev–Trinajstić information content (AvgIpc) is 3.67. The molecule has 0 aromatic heterocycles. The molecular formula is C27H27F4N3O3. The molecule has 6 nitrogen and oxygen atoms in total. The van der Waals surface area contributed by atoms with Crippen molar-refractivity contribution in [3.63, 3.8) is 0 Å². The quantitative estimate of drug-likeness (QED) is 0.490. The number of nitrogens with two attached hydrogens (primary N) is 1. The van der Waals surface area contributed by atoms with Gasteiger partial charge in [-0.15, -0.1) is 0 Å². The summed E-state index contributed by atoms with van der Waals surface area (Å²) in [7, 11) is 0. The molecule has 0 saturated heterocycles. The molecule has 1 aliphatic carbocycles. The summed E-state index contributed by atoms with van der Waals surface area (Å²) in [6.45, 7) is 0. The number of carbonyl (C=O) groups is 3. The number of halogens is 4. The van der Waals surface area contributed by atoms with Crippen LogP contribution in [0, 0.1) is 23.6 Å². The van der Waals surface area contributed by atoms with E-state index >= 15 is 0 Å². The van der Waals surface area contributed by atoms with Gasteiger partial charge in [-0.05, 0) is 24.8 Å². The lowest BCUT2D eigenvalue weighted by Crippen LogP contribution is -2.47. The molecular weight excluding hydrogens is 490 g/mol. The first-order valence-electron chi connectivity index (χ1n) is 12.1. The molecule has 0 bridgehead atoms. The van der Waals surface area contributed by atoms with E-state index < -0.39 is 60.4 Å². The molecule has 1 heterocycles. The van der Waals surface area contributed by atoms with Crippen LogP contribution in [0.3, 0.4) is 0 Å². The Balaban J connectivity index is 1.67. The minimum atomic E-state index is -4.55. The number of Topliss-reactive ketones (excluding diaryl/α,β-unsaturated/α-hetero) is 1. The van der Waals surface area contributed by atoms with E-state index in [1.54, 1.807) is 36.4 Å². The largest absolute Gasteiger partial charge is 0.389 e. The number of alkyl halides is 3. The van der Waals surface area contributed by atoms with Gasteiger partial charge >= 0.3 is 6.18 Å². The van der Waals surface area contributed by atoms with Crippen molar-refractivity contribution < 1.29 is 31.9 Å². The molecule has 0 spiro atoms. The van der Waals surface area contributed by atoms with Crippen molar-refractivity contribution in [3.05, 3.63) is 71.0 Å². The molecule has 0 radical (unpaired) electrons. The fraction of sp³-hybridized carbons (Fsp3) is 0.407. The summed E-state index contributed by atoms with van der Waals surface area (Å²) in [6, 6.07) is 13.0. The Kier molecular flexibility index (Phi) is 7.75. The lowest BCUT2D eigenvalue weighted by Gasteiger charge is -2.26. The van der Waals surface area contributed by atoms with Crippen molar-refractivity contribution in [1.29, 1.82) is 0 Å². The summed E-state index contributed by atoms with van der Waals surface area (Å²) >= 11 is 0. The number of hydrogen-bond acceptors (Lipinski definition) is 4. The summed E-state index contributed by atoms with van der Waals surface area (Å²) in [5.74, 6) is -5.37. The molecule has 1 saturated carbocycles. The van der Waals surface area contributed by atoms with E-state index in [1.165, 1.54) is 12.1 Å². The Bertz CT molecular complexity index is 1210. The second-order valence-corrected chi connectivity index (χ2v) is 9.61. The summed E-state index contributed by atoms with van der Waals surface area (Å²) in [4.78, 5) is 43.1. The van der Waals surface area contributed by atoms with E-state index in [9.17, 15) is 31.9 Å². The van der Waals surface area contributed by atoms with E-state index in [1.807, 2.05) is 0 Å². The number of aliphatic imine (C=N–C) groups is 1. The van der Waals surface area contributed by atoms with Crippen LogP contribution in [0.4, 0.5) is 17.6 Å². The molecule has 4 rings (SSSR count). The Labute approximate surface area is 211 Å². The van der Waals surface area contributed by atoms with Crippen molar-refractivity contribution in [1.82, 2.24) is 5.32 Å². The number of amides is 2. The zero-order valence-electron chi connectivity index (χ0n) is 19.9. The standard InChI is InChI=1S/C27H27F4N3O3/c28-21-8-4-7-17-19(21)14-22(35)25(33-23(17)16-5-2-1-3-6-16)34-26(37)18(11-12-27(29,30)31)20(24(32)36)13-15-9-10-15/h1-8,15,18,20,25H,9-14H2,(H2,32,36)(H,34,37)/t18-,20+,25+/m1/s1. The molecule has 2 amide bonds. The van der Waals surface area contributed by atoms with Gasteiger partial charge in [0.25, 0.3) is 0 Å². The maximum Gasteiger partial charge on any atom is 0.389 e. The molecule has 2 aromatic rings. The van der Waals surface area contributed by atoms with Gasteiger partial charge in [-0.2, -0.15) is 13.2 Å². The first-order chi connectivity index (χ1) is 17.5. The van der Waals surface area contributed by atoms with Crippen LogP contribution < -0.4 is 11.1 Å². The van der Waals surface area contributed by atoms with Gasteiger partial charge < -0.3 is 11.1 Å². The number of hydrogen-bond donors (Lipinski definition) is 2. The van der Waals surface area contributed by atoms with E-state index in [-0.39, 0.29) is 30.0 Å². The number of rotatable bonds is 9. The predicted molar refractivity (Wildman–Crippen MR) is 128 cm³/mol. The first-order valence-corrected chi connectivity index (χ1v) is 12.1. The van der Waals surface area contributed by atoms with Gasteiger partial charge in [-0.1, -0.05) is 55.3 Å². The van der Waals surface area contributed by atoms with E-state index in [0.29, 0.717) is 11.1 Å². The minimum Gasteiger partial charge on any atom is -0.369 e. The van der Waals surface area contributed by atoms with Gasteiger partial charge in [0.1, 0.15) is 5.82 Å². The molecule has 37 heavy (non-hydrogen) atoms. The third kappa shape index (κ3) is 6.61. The van der Waals surface area contributed by atoms with Crippen LogP contribution in [0.25, 0.3) is 0 Å². The fourth-order valence-corrected chi connectivity index (χ4v) is 4.71. The van der Waals surface area contributed by atoms with E-state index in [0.717, 1.165) is 12.8 Å². The topological polar surface area (TPSA) is 102 Å². The minimum absolute atomic E-state index is 0.115. The van der Waals surface area contributed by atoms with Crippen molar-refractivity contribution in [2.75, 3.05) is 0 Å². The highest BCUT2D eigenvalue weighted by Crippen LogP contribution is 2.39. The number of primary amides is 1. The van der Waals surface area contributed by atoms with Gasteiger partial charge in [0.15, 0.2) is 11.9 Å². The maximum absolute atomic E-state index is 14.7. The lowest BCUT2D eigenvalue weighted by molar-refractivity contribution is -0.146. The Morgan fingerprint density at radius 3 is 2.38 bits per heavy atom. The SMILES string of the molecule is NC(=O)[C@@H](CC1CC1)[C@@H](CCC(F)(F)F)C(=O)N[C@@H]1N=C(c2ccccc2)c2cccc(F)c2CC1=O. The number of benzene rings is 2. The Hall–Kier alpha value is -3.56. The van der Waals surface area contributed by atoms with Crippen LogP contribution in [-0.4, -0.2) is 35.7 Å². The monoisotopic (exact) mass is 517 g/mol. The zero-order chi connectivity index (χ0) is 26.7. The van der Waals surface area contributed by atoms with Gasteiger partial charge in [0, 0.05) is 41.4 Å². The molecule has 3 N–H and O–H groups in total.